The van der Waals surface area contributed by atoms with Gasteiger partial charge in [0.25, 0.3) is 0 Å². The molecule has 11 N–H and O–H groups in total. The lowest BCUT2D eigenvalue weighted by Crippen LogP contribution is -2.78. The molecule has 0 spiro atoms. The van der Waals surface area contributed by atoms with Gasteiger partial charge in [-0.2, -0.15) is 0 Å². The van der Waals surface area contributed by atoms with E-state index in [0.29, 0.717) is 0 Å². The molecule has 11 atom stereocenters. The van der Waals surface area contributed by atoms with E-state index in [0.717, 1.165) is 0 Å². The zero-order valence-electron chi connectivity index (χ0n) is 19.7. The summed E-state index contributed by atoms with van der Waals surface area (Å²) in [6.45, 7) is 1.19. The molecule has 2 aliphatic rings. The quantitative estimate of drug-likeness (QED) is 0.0610. The van der Waals surface area contributed by atoms with Crippen molar-refractivity contribution in [2.75, 3.05) is 0 Å². The van der Waals surface area contributed by atoms with Crippen molar-refractivity contribution in [3.63, 3.8) is 0 Å². The molecule has 0 aliphatic carbocycles. The molecule has 20 nitrogen and oxygen atoms in total. The molecule has 0 aromatic carbocycles. The number of rotatable bonds is 6. The van der Waals surface area contributed by atoms with Gasteiger partial charge >= 0.3 is 23.9 Å². The molecule has 2 saturated heterocycles. The second-order valence-corrected chi connectivity index (χ2v) is 8.28. The first kappa shape index (κ1) is 32.4. The normalized spacial score (nSPS) is 38.4. The molecule has 0 saturated carbocycles. The Labute approximate surface area is 216 Å². The largest absolute Gasteiger partial charge is 0.394 e. The van der Waals surface area contributed by atoms with E-state index in [9.17, 15) is 65.1 Å². The van der Waals surface area contributed by atoms with Crippen molar-refractivity contribution in [2.45, 2.75) is 80.0 Å². The van der Waals surface area contributed by atoms with Crippen LogP contribution in [0, 0.1) is 0 Å². The second-order valence-electron chi connectivity index (χ2n) is 8.28. The summed E-state index contributed by atoms with van der Waals surface area (Å²) in [6.07, 6.45) is -19.7. The number of hydrogen-bond acceptors (Lipinski definition) is 20. The minimum atomic E-state index is -3.19. The van der Waals surface area contributed by atoms with E-state index >= 15 is 0 Å². The van der Waals surface area contributed by atoms with Gasteiger partial charge in [-0.3, -0.25) is 0 Å². The van der Waals surface area contributed by atoms with Crippen LogP contribution in [0.5, 0.6) is 0 Å². The van der Waals surface area contributed by atoms with Crippen LogP contribution in [0.25, 0.3) is 0 Å². The molecule has 0 bridgehead atoms. The summed E-state index contributed by atoms with van der Waals surface area (Å²) in [5, 5.41) is 88.0. The van der Waals surface area contributed by atoms with Crippen molar-refractivity contribution >= 4 is 23.9 Å². The molecule has 2 aliphatic heterocycles. The van der Waals surface area contributed by atoms with Gasteiger partial charge in [-0.05, 0) is 6.42 Å². The van der Waals surface area contributed by atoms with Crippen molar-refractivity contribution in [1.29, 1.82) is 0 Å². The summed E-state index contributed by atoms with van der Waals surface area (Å²) < 4.78 is 9.32. The molecule has 20 heteroatoms. The summed E-state index contributed by atoms with van der Waals surface area (Å²) >= 11 is 0. The summed E-state index contributed by atoms with van der Waals surface area (Å²) in [7, 11) is 0. The first-order valence-electron chi connectivity index (χ1n) is 10.8. The van der Waals surface area contributed by atoms with Crippen LogP contribution in [-0.4, -0.2) is 136 Å². The van der Waals surface area contributed by atoms with Gasteiger partial charge in [0.2, 0.25) is 5.60 Å². The lowest BCUT2D eigenvalue weighted by Gasteiger charge is -2.50. The third kappa shape index (κ3) is 6.49. The Hall–Kier alpha value is -2.86. The van der Waals surface area contributed by atoms with Gasteiger partial charge in [-0.25, -0.2) is 38.7 Å². The van der Waals surface area contributed by atoms with Crippen molar-refractivity contribution in [3.05, 3.63) is 12.2 Å². The number of nitrogens with two attached hydrogens (primary N) is 1. The molecule has 2 fully saturated rings. The predicted molar refractivity (Wildman–Crippen MR) is 110 cm³/mol. The highest BCUT2D eigenvalue weighted by atomic mass is 17.2. The van der Waals surface area contributed by atoms with Crippen LogP contribution < -0.4 is 5.73 Å². The lowest BCUT2D eigenvalue weighted by molar-refractivity contribution is -0.363. The van der Waals surface area contributed by atoms with Gasteiger partial charge in [-0.15, -0.1) is 0 Å². The molecule has 2 rings (SSSR count). The van der Waals surface area contributed by atoms with Gasteiger partial charge < -0.3 is 61.2 Å². The first-order valence-corrected chi connectivity index (χ1v) is 10.8. The molecular weight excluding hydrogens is 546 g/mol. The highest BCUT2D eigenvalue weighted by molar-refractivity contribution is 5.92. The molecule has 0 aromatic rings. The van der Waals surface area contributed by atoms with Crippen LogP contribution in [-0.2, 0) is 48.2 Å². The SMILES string of the molecule is CCC(N)(O)C1(C(=O)OOC(=O)/C=C\C(=O)OOC(=O)C2OC(O)C(O)C(O)C2O)OC(O)C(O)C(O)C1O. The molecule has 2 heterocycles. The second kappa shape index (κ2) is 12.5. The van der Waals surface area contributed by atoms with Crippen LogP contribution in [0.3, 0.4) is 0 Å². The Morgan fingerprint density at radius 2 is 1.31 bits per heavy atom. The van der Waals surface area contributed by atoms with Crippen LogP contribution in [0.1, 0.15) is 13.3 Å². The Balaban J connectivity index is 1.96. The van der Waals surface area contributed by atoms with Crippen LogP contribution >= 0.6 is 0 Å². The third-order valence-corrected chi connectivity index (χ3v) is 5.76. The standard InChI is InChI=1S/C19H27NO19/c1-2-18(20,33)19(13(28)9(25)11(27)15(30)35-19)17(32)39-37-6(22)4-3-5(21)36-38-16(31)12-8(24)7(23)10(26)14(29)34-12/h3-4,7-15,23-30,33H,2,20H2,1H3/b4-3-. The molecule has 39 heavy (non-hydrogen) atoms. The third-order valence-electron chi connectivity index (χ3n) is 5.76. The van der Waals surface area contributed by atoms with Crippen molar-refractivity contribution in [2.24, 2.45) is 5.73 Å². The summed E-state index contributed by atoms with van der Waals surface area (Å²) in [4.78, 5) is 64.1. The van der Waals surface area contributed by atoms with Crippen molar-refractivity contribution < 1.29 is 94.2 Å². The van der Waals surface area contributed by atoms with Gasteiger partial charge in [0.05, 0.1) is 0 Å². The fraction of sp³-hybridized carbons (Fsp3) is 0.684. The van der Waals surface area contributed by atoms with Gasteiger partial charge in [0, 0.05) is 12.2 Å². The van der Waals surface area contributed by atoms with E-state index in [4.69, 9.17) is 10.5 Å². The molecular formula is C19H27NO19. The number of aliphatic hydroxyl groups is 9. The first-order chi connectivity index (χ1) is 18.0. The number of aliphatic hydroxyl groups excluding tert-OH is 8. The molecule has 11 unspecified atom stereocenters. The minimum absolute atomic E-state index is 0.242. The van der Waals surface area contributed by atoms with Gasteiger partial charge in [0.15, 0.2) is 24.4 Å². The number of hydrogen-bond donors (Lipinski definition) is 10. The highest BCUT2D eigenvalue weighted by Gasteiger charge is 2.68. The average molecular weight is 573 g/mol. The van der Waals surface area contributed by atoms with E-state index < -0.39 is 96.9 Å². The fourth-order valence-corrected chi connectivity index (χ4v) is 3.41. The topological polar surface area (TPSA) is 332 Å². The molecule has 0 amide bonds. The Morgan fingerprint density at radius 3 is 1.85 bits per heavy atom. The van der Waals surface area contributed by atoms with Crippen LogP contribution in [0.2, 0.25) is 0 Å². The van der Waals surface area contributed by atoms with Crippen molar-refractivity contribution in [3.8, 4) is 0 Å². The maximum absolute atomic E-state index is 12.6. The van der Waals surface area contributed by atoms with E-state index in [-0.39, 0.29) is 12.2 Å². The van der Waals surface area contributed by atoms with E-state index in [1.54, 1.807) is 0 Å². The summed E-state index contributed by atoms with van der Waals surface area (Å²) in [6, 6.07) is 0. The Kier molecular flexibility index (Phi) is 10.4. The van der Waals surface area contributed by atoms with E-state index in [2.05, 4.69) is 24.3 Å². The van der Waals surface area contributed by atoms with Crippen molar-refractivity contribution in [1.82, 2.24) is 0 Å². The molecule has 0 aromatic heterocycles. The number of ether oxygens (including phenoxy) is 2. The van der Waals surface area contributed by atoms with Gasteiger partial charge in [-0.1, -0.05) is 6.92 Å². The van der Waals surface area contributed by atoms with E-state index in [1.165, 1.54) is 6.92 Å². The maximum atomic E-state index is 12.6. The Bertz CT molecular complexity index is 955. The Morgan fingerprint density at radius 1 is 0.795 bits per heavy atom. The zero-order chi connectivity index (χ0) is 29.9. The maximum Gasteiger partial charge on any atom is 0.394 e. The summed E-state index contributed by atoms with van der Waals surface area (Å²) in [5.41, 5.74) is -0.490. The van der Waals surface area contributed by atoms with Crippen LogP contribution in [0.15, 0.2) is 12.2 Å². The molecule has 0 radical (unpaired) electrons. The lowest BCUT2D eigenvalue weighted by atomic mass is 9.77. The number of carbonyl (C=O) groups is 4. The highest BCUT2D eigenvalue weighted by Crippen LogP contribution is 2.38. The average Bonchev–Trinajstić information content (AvgIpc) is 2.90. The smallest absolute Gasteiger partial charge is 0.387 e. The molecule has 222 valence electrons. The minimum Gasteiger partial charge on any atom is -0.387 e. The predicted octanol–water partition coefficient (Wildman–Crippen LogP) is -7.43. The zero-order valence-corrected chi connectivity index (χ0v) is 19.7. The number of carbonyl (C=O) groups excluding carboxylic acids is 4. The summed E-state index contributed by atoms with van der Waals surface area (Å²) in [5.74, 6) is -6.81. The fourth-order valence-electron chi connectivity index (χ4n) is 3.41. The van der Waals surface area contributed by atoms with Crippen LogP contribution in [0.4, 0.5) is 0 Å². The van der Waals surface area contributed by atoms with E-state index in [1.807, 2.05) is 0 Å². The van der Waals surface area contributed by atoms with Gasteiger partial charge in [0.1, 0.15) is 36.6 Å². The monoisotopic (exact) mass is 573 g/mol.